The summed E-state index contributed by atoms with van der Waals surface area (Å²) >= 11 is 13.6. The molecule has 0 unspecified atom stereocenters. The van der Waals surface area contributed by atoms with Gasteiger partial charge in [-0.25, -0.2) is 0 Å². The molecule has 1 N–H and O–H groups in total. The van der Waals surface area contributed by atoms with Crippen molar-refractivity contribution >= 4 is 46.6 Å². The van der Waals surface area contributed by atoms with E-state index in [0.717, 1.165) is 17.8 Å². The quantitative estimate of drug-likeness (QED) is 0.385. The first kappa shape index (κ1) is 24.6. The predicted octanol–water partition coefficient (Wildman–Crippen LogP) is 5.77. The van der Waals surface area contributed by atoms with Crippen LogP contribution in [0.5, 0.6) is 0 Å². The average Bonchev–Trinajstić information content (AvgIpc) is 3.13. The molecule has 1 aromatic heterocycles. The van der Waals surface area contributed by atoms with Crippen molar-refractivity contribution in [1.82, 2.24) is 19.7 Å². The number of rotatable bonds is 9. The Kier molecular flexibility index (Phi) is 8.59. The smallest absolute Gasteiger partial charge is 0.237 e. The van der Waals surface area contributed by atoms with Crippen LogP contribution in [0.1, 0.15) is 37.7 Å². The van der Waals surface area contributed by atoms with Crippen molar-refractivity contribution in [3.8, 4) is 0 Å². The van der Waals surface area contributed by atoms with Gasteiger partial charge in [-0.05, 0) is 51.2 Å². The van der Waals surface area contributed by atoms with Gasteiger partial charge in [0.1, 0.15) is 0 Å². The van der Waals surface area contributed by atoms with Gasteiger partial charge in [-0.3, -0.25) is 9.69 Å². The van der Waals surface area contributed by atoms with Crippen LogP contribution in [0.25, 0.3) is 0 Å². The largest absolute Gasteiger partial charge is 0.324 e. The van der Waals surface area contributed by atoms with E-state index in [1.54, 1.807) is 18.2 Å². The zero-order valence-electron chi connectivity index (χ0n) is 18.5. The van der Waals surface area contributed by atoms with Crippen LogP contribution < -0.4 is 5.32 Å². The molecule has 3 aromatic rings. The summed E-state index contributed by atoms with van der Waals surface area (Å²) in [4.78, 5) is 15.0. The standard InChI is InChI=1S/C23H27Cl2N5OS/c1-5-20(29(3)4)21-27-28-23(30(21)14-16-9-7-6-8-10-16)32-15(2)22(31)26-19-13-17(24)11-12-18(19)25/h6-13,15,20H,5,14H2,1-4H3,(H,26,31)/t15-,20-/m1/s1. The van der Waals surface area contributed by atoms with Crippen molar-refractivity contribution in [3.63, 3.8) is 0 Å². The second kappa shape index (κ2) is 11.2. The first-order chi connectivity index (χ1) is 15.3. The Hall–Kier alpha value is -2.06. The Morgan fingerprint density at radius 3 is 2.53 bits per heavy atom. The van der Waals surface area contributed by atoms with Crippen LogP contribution >= 0.6 is 35.0 Å². The van der Waals surface area contributed by atoms with E-state index in [-0.39, 0.29) is 11.9 Å². The Balaban J connectivity index is 1.85. The van der Waals surface area contributed by atoms with E-state index < -0.39 is 5.25 Å². The second-order valence-electron chi connectivity index (χ2n) is 7.67. The lowest BCUT2D eigenvalue weighted by Crippen LogP contribution is -2.25. The van der Waals surface area contributed by atoms with Gasteiger partial charge in [-0.15, -0.1) is 10.2 Å². The maximum absolute atomic E-state index is 12.9. The molecule has 9 heteroatoms. The lowest BCUT2D eigenvalue weighted by atomic mass is 10.2. The number of carbonyl (C=O) groups is 1. The van der Waals surface area contributed by atoms with E-state index in [1.807, 2.05) is 39.2 Å². The fraction of sp³-hybridized carbons (Fsp3) is 0.348. The van der Waals surface area contributed by atoms with Gasteiger partial charge in [0, 0.05) is 5.02 Å². The fourth-order valence-electron chi connectivity index (χ4n) is 3.37. The van der Waals surface area contributed by atoms with E-state index in [4.69, 9.17) is 23.2 Å². The lowest BCUT2D eigenvalue weighted by molar-refractivity contribution is -0.115. The molecule has 170 valence electrons. The Morgan fingerprint density at radius 2 is 1.88 bits per heavy atom. The first-order valence-electron chi connectivity index (χ1n) is 10.4. The van der Waals surface area contributed by atoms with Crippen molar-refractivity contribution in [2.24, 2.45) is 0 Å². The molecule has 3 rings (SSSR count). The van der Waals surface area contributed by atoms with Crippen LogP contribution in [0.4, 0.5) is 5.69 Å². The summed E-state index contributed by atoms with van der Waals surface area (Å²) in [6.07, 6.45) is 0.897. The summed E-state index contributed by atoms with van der Waals surface area (Å²) < 4.78 is 2.10. The highest BCUT2D eigenvalue weighted by atomic mass is 35.5. The first-order valence-corrected chi connectivity index (χ1v) is 12.0. The molecule has 0 fully saturated rings. The van der Waals surface area contributed by atoms with Crippen molar-refractivity contribution in [2.45, 2.75) is 43.3 Å². The maximum atomic E-state index is 12.9. The molecule has 0 saturated heterocycles. The number of benzene rings is 2. The molecular formula is C23H27Cl2N5OS. The Labute approximate surface area is 203 Å². The number of hydrogen-bond donors (Lipinski definition) is 1. The minimum atomic E-state index is -0.420. The molecule has 1 amide bonds. The second-order valence-corrected chi connectivity index (χ2v) is 9.83. The number of thioether (sulfide) groups is 1. The molecule has 32 heavy (non-hydrogen) atoms. The molecule has 0 bridgehead atoms. The highest BCUT2D eigenvalue weighted by Gasteiger charge is 2.25. The van der Waals surface area contributed by atoms with Crippen LogP contribution in [0.3, 0.4) is 0 Å². The van der Waals surface area contributed by atoms with Gasteiger partial charge in [0.05, 0.1) is 28.5 Å². The molecule has 1 heterocycles. The van der Waals surface area contributed by atoms with Gasteiger partial charge in [0.2, 0.25) is 5.91 Å². The van der Waals surface area contributed by atoms with Crippen molar-refractivity contribution in [3.05, 3.63) is 70.0 Å². The molecule has 0 radical (unpaired) electrons. The highest BCUT2D eigenvalue weighted by Crippen LogP contribution is 2.30. The highest BCUT2D eigenvalue weighted by molar-refractivity contribution is 8.00. The van der Waals surface area contributed by atoms with Crippen molar-refractivity contribution < 1.29 is 4.79 Å². The fourth-order valence-corrected chi connectivity index (χ4v) is 4.56. The molecule has 0 aliphatic heterocycles. The van der Waals surface area contributed by atoms with E-state index in [9.17, 15) is 4.79 Å². The lowest BCUT2D eigenvalue weighted by Gasteiger charge is -2.23. The van der Waals surface area contributed by atoms with Gasteiger partial charge in [-0.2, -0.15) is 0 Å². The summed E-state index contributed by atoms with van der Waals surface area (Å²) in [7, 11) is 4.07. The number of nitrogens with one attached hydrogen (secondary N) is 1. The van der Waals surface area contributed by atoms with Gasteiger partial charge in [-0.1, -0.05) is 72.2 Å². The van der Waals surface area contributed by atoms with Gasteiger partial charge in [0.15, 0.2) is 11.0 Å². The molecule has 0 spiro atoms. The third-order valence-electron chi connectivity index (χ3n) is 5.07. The molecule has 2 aromatic carbocycles. The number of anilines is 1. The third-order valence-corrected chi connectivity index (χ3v) is 6.72. The van der Waals surface area contributed by atoms with E-state index in [0.29, 0.717) is 27.4 Å². The minimum Gasteiger partial charge on any atom is -0.324 e. The maximum Gasteiger partial charge on any atom is 0.237 e. The van der Waals surface area contributed by atoms with Crippen molar-refractivity contribution in [2.75, 3.05) is 19.4 Å². The predicted molar refractivity (Wildman–Crippen MR) is 133 cm³/mol. The van der Waals surface area contributed by atoms with Crippen LogP contribution in [-0.4, -0.2) is 44.9 Å². The molecule has 0 aliphatic rings. The summed E-state index contributed by atoms with van der Waals surface area (Å²) in [6.45, 7) is 4.59. The minimum absolute atomic E-state index is 0.120. The number of carbonyl (C=O) groups excluding carboxylic acids is 1. The van der Waals surface area contributed by atoms with Crippen LogP contribution in [-0.2, 0) is 11.3 Å². The number of halogens is 2. The summed E-state index contributed by atoms with van der Waals surface area (Å²) in [5.74, 6) is 0.698. The van der Waals surface area contributed by atoms with Crippen LogP contribution in [0.15, 0.2) is 53.7 Å². The number of nitrogens with zero attached hydrogens (tertiary/aromatic N) is 4. The van der Waals surface area contributed by atoms with E-state index >= 15 is 0 Å². The van der Waals surface area contributed by atoms with E-state index in [1.165, 1.54) is 11.8 Å². The molecule has 0 aliphatic carbocycles. The number of aromatic nitrogens is 3. The Morgan fingerprint density at radius 1 is 1.16 bits per heavy atom. The Bertz CT molecular complexity index is 1060. The molecule has 2 atom stereocenters. The summed E-state index contributed by atoms with van der Waals surface area (Å²) in [6, 6.07) is 15.3. The molecule has 0 saturated carbocycles. The average molecular weight is 492 g/mol. The SMILES string of the molecule is CC[C@H](c1nnc(S[C@H](C)C(=O)Nc2cc(Cl)ccc2Cl)n1Cc1ccccc1)N(C)C. The summed E-state index contributed by atoms with van der Waals surface area (Å²) in [5, 5.41) is 13.0. The van der Waals surface area contributed by atoms with Gasteiger partial charge < -0.3 is 9.88 Å². The number of amides is 1. The van der Waals surface area contributed by atoms with Gasteiger partial charge >= 0.3 is 0 Å². The topological polar surface area (TPSA) is 63.1 Å². The van der Waals surface area contributed by atoms with Crippen LogP contribution in [0.2, 0.25) is 10.0 Å². The molecular weight excluding hydrogens is 465 g/mol. The van der Waals surface area contributed by atoms with Gasteiger partial charge in [0.25, 0.3) is 0 Å². The third kappa shape index (κ3) is 6.04. The zero-order chi connectivity index (χ0) is 23.3. The van der Waals surface area contributed by atoms with E-state index in [2.05, 4.69) is 44.0 Å². The van der Waals surface area contributed by atoms with Crippen molar-refractivity contribution in [1.29, 1.82) is 0 Å². The summed E-state index contributed by atoms with van der Waals surface area (Å²) in [5.41, 5.74) is 1.63. The monoisotopic (exact) mass is 491 g/mol. The van der Waals surface area contributed by atoms with Crippen LogP contribution in [0, 0.1) is 0 Å². The normalized spacial score (nSPS) is 13.2. The zero-order valence-corrected chi connectivity index (χ0v) is 20.9. The number of hydrogen-bond acceptors (Lipinski definition) is 5. The molecule has 6 nitrogen and oxygen atoms in total.